The Kier molecular flexibility index (Phi) is 5.86. The Morgan fingerprint density at radius 2 is 1.92 bits per heavy atom. The maximum atomic E-state index is 12.3. The van der Waals surface area contributed by atoms with Crippen molar-refractivity contribution in [2.45, 2.75) is 57.1 Å². The first-order chi connectivity index (χ1) is 12.1. The number of nitrogens with zero attached hydrogens (tertiary/aromatic N) is 1. The fourth-order valence-corrected chi connectivity index (χ4v) is 3.43. The van der Waals surface area contributed by atoms with E-state index >= 15 is 0 Å². The highest BCUT2D eigenvalue weighted by molar-refractivity contribution is 6.45. The minimum Gasteiger partial charge on any atom is -0.474 e. The molecule has 0 atom stereocenters. The number of carbonyl (C=O) groups is 1. The standard InChI is InChI=1S/C18H27N5O2/c19-16(18(24)22-12-8-10-21-11-9-12)14-6-7-15(23-17(14)20)25-13-4-2-1-3-5-13/h6-7,12-13,19,21H,1-5,8-11H2,(H2,20,23)(H,22,24). The highest BCUT2D eigenvalue weighted by Gasteiger charge is 2.21. The van der Waals surface area contributed by atoms with Gasteiger partial charge in [0.2, 0.25) is 5.88 Å². The molecule has 25 heavy (non-hydrogen) atoms. The average molecular weight is 345 g/mol. The van der Waals surface area contributed by atoms with E-state index in [-0.39, 0.29) is 23.7 Å². The molecule has 1 aliphatic heterocycles. The van der Waals surface area contributed by atoms with Gasteiger partial charge in [-0.3, -0.25) is 10.2 Å². The molecule has 5 N–H and O–H groups in total. The van der Waals surface area contributed by atoms with Crippen molar-refractivity contribution >= 4 is 17.4 Å². The fraction of sp³-hybridized carbons (Fsp3) is 0.611. The predicted molar refractivity (Wildman–Crippen MR) is 97.0 cm³/mol. The minimum absolute atomic E-state index is 0.109. The maximum absolute atomic E-state index is 12.3. The molecule has 1 saturated heterocycles. The van der Waals surface area contributed by atoms with Crippen LogP contribution in [0.25, 0.3) is 0 Å². The summed E-state index contributed by atoms with van der Waals surface area (Å²) in [5, 5.41) is 14.3. The fourth-order valence-electron chi connectivity index (χ4n) is 3.43. The first-order valence-corrected chi connectivity index (χ1v) is 9.17. The Hall–Kier alpha value is -2.15. The lowest BCUT2D eigenvalue weighted by atomic mass is 9.98. The van der Waals surface area contributed by atoms with Gasteiger partial charge in [-0.1, -0.05) is 6.42 Å². The SMILES string of the molecule is N=C(C(=O)NC1CCNCC1)c1ccc(OC2CCCCC2)nc1N. The van der Waals surface area contributed by atoms with E-state index in [1.165, 1.54) is 19.3 Å². The van der Waals surface area contributed by atoms with Crippen molar-refractivity contribution in [3.05, 3.63) is 17.7 Å². The molecule has 1 saturated carbocycles. The predicted octanol–water partition coefficient (Wildman–Crippen LogP) is 1.61. The maximum Gasteiger partial charge on any atom is 0.270 e. The number of anilines is 1. The second-order valence-electron chi connectivity index (χ2n) is 6.83. The van der Waals surface area contributed by atoms with Gasteiger partial charge in [-0.15, -0.1) is 0 Å². The molecule has 136 valence electrons. The van der Waals surface area contributed by atoms with Crippen LogP contribution in [0.5, 0.6) is 5.88 Å². The molecule has 0 bridgehead atoms. The van der Waals surface area contributed by atoms with Gasteiger partial charge in [-0.25, -0.2) is 0 Å². The summed E-state index contributed by atoms with van der Waals surface area (Å²) in [6.07, 6.45) is 7.64. The second kappa shape index (κ2) is 8.29. The monoisotopic (exact) mass is 345 g/mol. The van der Waals surface area contributed by atoms with Crippen LogP contribution in [-0.2, 0) is 4.79 Å². The summed E-state index contributed by atoms with van der Waals surface area (Å²) in [6.45, 7) is 1.77. The van der Waals surface area contributed by atoms with E-state index in [9.17, 15) is 4.79 Å². The van der Waals surface area contributed by atoms with Crippen molar-refractivity contribution in [3.63, 3.8) is 0 Å². The molecular weight excluding hydrogens is 318 g/mol. The summed E-state index contributed by atoms with van der Waals surface area (Å²) < 4.78 is 5.88. The first-order valence-electron chi connectivity index (χ1n) is 9.17. The number of hydrogen-bond donors (Lipinski definition) is 4. The third-order valence-electron chi connectivity index (χ3n) is 4.91. The van der Waals surface area contributed by atoms with E-state index in [4.69, 9.17) is 15.9 Å². The third kappa shape index (κ3) is 4.69. The van der Waals surface area contributed by atoms with Gasteiger partial charge in [0.15, 0.2) is 0 Å². The quantitative estimate of drug-likeness (QED) is 0.606. The smallest absolute Gasteiger partial charge is 0.270 e. The number of carbonyl (C=O) groups excluding carboxylic acids is 1. The van der Waals surface area contributed by atoms with Crippen molar-refractivity contribution in [1.82, 2.24) is 15.6 Å². The molecule has 7 heteroatoms. The van der Waals surface area contributed by atoms with Crippen LogP contribution >= 0.6 is 0 Å². The van der Waals surface area contributed by atoms with E-state index in [2.05, 4.69) is 15.6 Å². The summed E-state index contributed by atoms with van der Waals surface area (Å²) in [5.74, 6) is 0.236. The van der Waals surface area contributed by atoms with Crippen molar-refractivity contribution in [1.29, 1.82) is 5.41 Å². The molecule has 2 fully saturated rings. The van der Waals surface area contributed by atoms with Gasteiger partial charge < -0.3 is 21.1 Å². The van der Waals surface area contributed by atoms with Gasteiger partial charge in [0.1, 0.15) is 17.6 Å². The number of amides is 1. The molecule has 0 aromatic carbocycles. The van der Waals surface area contributed by atoms with Crippen molar-refractivity contribution in [3.8, 4) is 5.88 Å². The molecule has 0 radical (unpaired) electrons. The van der Waals surface area contributed by atoms with Crippen LogP contribution in [0.15, 0.2) is 12.1 Å². The Labute approximate surface area is 148 Å². The van der Waals surface area contributed by atoms with Crippen LogP contribution in [0.1, 0.15) is 50.5 Å². The lowest BCUT2D eigenvalue weighted by Gasteiger charge is -2.24. The summed E-state index contributed by atoms with van der Waals surface area (Å²) in [7, 11) is 0. The number of rotatable bonds is 5. The topological polar surface area (TPSA) is 113 Å². The van der Waals surface area contributed by atoms with Crippen LogP contribution in [0.4, 0.5) is 5.82 Å². The molecule has 1 amide bonds. The van der Waals surface area contributed by atoms with Gasteiger partial charge in [0, 0.05) is 17.7 Å². The van der Waals surface area contributed by atoms with Gasteiger partial charge in [0.25, 0.3) is 5.91 Å². The molecule has 3 rings (SSSR count). The second-order valence-corrected chi connectivity index (χ2v) is 6.83. The van der Waals surface area contributed by atoms with Crippen LogP contribution < -0.4 is 21.1 Å². The molecular formula is C18H27N5O2. The number of aromatic nitrogens is 1. The van der Waals surface area contributed by atoms with Gasteiger partial charge in [0.05, 0.1) is 0 Å². The molecule has 1 aromatic heterocycles. The van der Waals surface area contributed by atoms with Gasteiger partial charge >= 0.3 is 0 Å². The Morgan fingerprint density at radius 1 is 1.20 bits per heavy atom. The van der Waals surface area contributed by atoms with Crippen LogP contribution in [0, 0.1) is 5.41 Å². The normalized spacial score (nSPS) is 19.4. The van der Waals surface area contributed by atoms with Crippen LogP contribution in [-0.4, -0.2) is 41.8 Å². The number of nitrogens with two attached hydrogens (primary N) is 1. The van der Waals surface area contributed by atoms with Crippen LogP contribution in [0.3, 0.4) is 0 Å². The molecule has 1 aromatic rings. The number of pyridine rings is 1. The lowest BCUT2D eigenvalue weighted by molar-refractivity contribution is -0.115. The summed E-state index contributed by atoms with van der Waals surface area (Å²) >= 11 is 0. The van der Waals surface area contributed by atoms with Crippen molar-refractivity contribution in [2.75, 3.05) is 18.8 Å². The molecule has 2 heterocycles. The summed E-state index contributed by atoms with van der Waals surface area (Å²) in [5.41, 5.74) is 6.18. The third-order valence-corrected chi connectivity index (χ3v) is 4.91. The zero-order chi connectivity index (χ0) is 17.6. The van der Waals surface area contributed by atoms with Crippen molar-refractivity contribution < 1.29 is 9.53 Å². The number of ether oxygens (including phenoxy) is 1. The zero-order valence-corrected chi connectivity index (χ0v) is 14.5. The zero-order valence-electron chi connectivity index (χ0n) is 14.5. The Bertz CT molecular complexity index is 622. The number of piperidine rings is 1. The summed E-state index contributed by atoms with van der Waals surface area (Å²) in [4.78, 5) is 16.5. The molecule has 0 spiro atoms. The van der Waals surface area contributed by atoms with Crippen LogP contribution in [0.2, 0.25) is 0 Å². The Balaban J connectivity index is 1.60. The van der Waals surface area contributed by atoms with E-state index in [0.29, 0.717) is 11.4 Å². The molecule has 1 aliphatic carbocycles. The average Bonchev–Trinajstić information content (AvgIpc) is 2.63. The number of nitrogen functional groups attached to an aromatic ring is 1. The highest BCUT2D eigenvalue weighted by Crippen LogP contribution is 2.23. The number of nitrogens with one attached hydrogen (secondary N) is 3. The molecule has 7 nitrogen and oxygen atoms in total. The Morgan fingerprint density at radius 3 is 2.60 bits per heavy atom. The van der Waals surface area contributed by atoms with E-state index in [1.807, 2.05) is 0 Å². The van der Waals surface area contributed by atoms with Gasteiger partial charge in [-0.05, 0) is 57.7 Å². The van der Waals surface area contributed by atoms with E-state index in [0.717, 1.165) is 38.8 Å². The summed E-state index contributed by atoms with van der Waals surface area (Å²) in [6, 6.07) is 3.47. The lowest BCUT2D eigenvalue weighted by Crippen LogP contribution is -2.45. The van der Waals surface area contributed by atoms with E-state index < -0.39 is 5.91 Å². The first kappa shape index (κ1) is 17.7. The van der Waals surface area contributed by atoms with E-state index in [1.54, 1.807) is 12.1 Å². The van der Waals surface area contributed by atoms with Crippen molar-refractivity contribution in [2.24, 2.45) is 0 Å². The molecule has 2 aliphatic rings. The minimum atomic E-state index is -0.402. The molecule has 0 unspecified atom stereocenters. The number of hydrogen-bond acceptors (Lipinski definition) is 6. The highest BCUT2D eigenvalue weighted by atomic mass is 16.5. The van der Waals surface area contributed by atoms with Gasteiger partial charge in [-0.2, -0.15) is 4.98 Å². The largest absolute Gasteiger partial charge is 0.474 e.